The van der Waals surface area contributed by atoms with Gasteiger partial charge in [0.05, 0.1) is 25.5 Å². The number of amides is 2. The van der Waals surface area contributed by atoms with Gasteiger partial charge in [-0.3, -0.25) is 14.5 Å². The van der Waals surface area contributed by atoms with Crippen molar-refractivity contribution in [3.05, 3.63) is 77.5 Å². The molecule has 0 fully saturated rings. The number of carbonyl (C=O) groups is 2. The molecule has 2 amide bonds. The van der Waals surface area contributed by atoms with E-state index in [4.69, 9.17) is 4.74 Å². The Bertz CT molecular complexity index is 750. The van der Waals surface area contributed by atoms with E-state index in [9.17, 15) is 9.59 Å². The van der Waals surface area contributed by atoms with E-state index < -0.39 is 0 Å². The van der Waals surface area contributed by atoms with Crippen LogP contribution in [0.2, 0.25) is 0 Å². The van der Waals surface area contributed by atoms with Gasteiger partial charge in [0, 0.05) is 11.1 Å². The average Bonchev–Trinajstić information content (AvgIpc) is 2.56. The SMILES string of the molecule is CO/C=C1\C(=O)N(Cc2ccccc2)C(=O)c2ccccc21. The second kappa shape index (κ2) is 5.85. The van der Waals surface area contributed by atoms with E-state index in [1.165, 1.54) is 18.3 Å². The maximum atomic E-state index is 12.6. The molecule has 1 heterocycles. The van der Waals surface area contributed by atoms with Crippen LogP contribution in [0.25, 0.3) is 5.57 Å². The zero-order valence-electron chi connectivity index (χ0n) is 12.2. The summed E-state index contributed by atoms with van der Waals surface area (Å²) < 4.78 is 5.02. The van der Waals surface area contributed by atoms with Gasteiger partial charge in [-0.2, -0.15) is 0 Å². The number of carbonyl (C=O) groups excluding carboxylic acids is 2. The van der Waals surface area contributed by atoms with Crippen LogP contribution in [0.3, 0.4) is 0 Å². The molecule has 0 saturated carbocycles. The summed E-state index contributed by atoms with van der Waals surface area (Å²) >= 11 is 0. The number of fused-ring (bicyclic) bond motifs is 1. The molecule has 0 N–H and O–H groups in total. The first-order valence-electron chi connectivity index (χ1n) is 6.95. The Morgan fingerprint density at radius 2 is 1.55 bits per heavy atom. The normalized spacial score (nSPS) is 15.9. The van der Waals surface area contributed by atoms with E-state index in [1.807, 2.05) is 30.3 Å². The molecule has 1 aliphatic heterocycles. The highest BCUT2D eigenvalue weighted by molar-refractivity contribution is 6.30. The van der Waals surface area contributed by atoms with Crippen molar-refractivity contribution in [2.45, 2.75) is 6.54 Å². The van der Waals surface area contributed by atoms with Gasteiger partial charge in [0.25, 0.3) is 11.8 Å². The summed E-state index contributed by atoms with van der Waals surface area (Å²) in [6, 6.07) is 16.5. The number of nitrogens with zero attached hydrogens (tertiary/aromatic N) is 1. The van der Waals surface area contributed by atoms with Crippen molar-refractivity contribution in [3.8, 4) is 0 Å². The summed E-state index contributed by atoms with van der Waals surface area (Å²) in [5.74, 6) is -0.618. The average molecular weight is 293 g/mol. The molecule has 0 aromatic heterocycles. The Kier molecular flexibility index (Phi) is 3.74. The Hall–Kier alpha value is -2.88. The molecule has 0 unspecified atom stereocenters. The van der Waals surface area contributed by atoms with Crippen LogP contribution in [0, 0.1) is 0 Å². The molecule has 0 spiro atoms. The first-order valence-corrected chi connectivity index (χ1v) is 6.95. The van der Waals surface area contributed by atoms with Crippen LogP contribution in [-0.4, -0.2) is 23.8 Å². The van der Waals surface area contributed by atoms with Gasteiger partial charge < -0.3 is 4.74 Å². The van der Waals surface area contributed by atoms with Crippen molar-refractivity contribution in [1.29, 1.82) is 0 Å². The molecule has 0 atom stereocenters. The van der Waals surface area contributed by atoms with E-state index in [1.54, 1.807) is 24.3 Å². The molecular weight excluding hydrogens is 278 g/mol. The Morgan fingerprint density at radius 1 is 0.909 bits per heavy atom. The topological polar surface area (TPSA) is 46.6 Å². The van der Waals surface area contributed by atoms with Gasteiger partial charge in [-0.15, -0.1) is 0 Å². The zero-order chi connectivity index (χ0) is 15.5. The largest absolute Gasteiger partial charge is 0.504 e. The summed E-state index contributed by atoms with van der Waals surface area (Å²) in [6.45, 7) is 0.244. The minimum Gasteiger partial charge on any atom is -0.504 e. The lowest BCUT2D eigenvalue weighted by molar-refractivity contribution is -0.123. The molecular formula is C18H15NO3. The maximum absolute atomic E-state index is 12.6. The number of imide groups is 1. The lowest BCUT2D eigenvalue weighted by Gasteiger charge is -2.28. The van der Waals surface area contributed by atoms with Crippen molar-refractivity contribution in [2.75, 3.05) is 7.11 Å². The molecule has 110 valence electrons. The molecule has 2 aromatic carbocycles. The van der Waals surface area contributed by atoms with Gasteiger partial charge in [-0.1, -0.05) is 48.5 Å². The second-order valence-corrected chi connectivity index (χ2v) is 4.99. The van der Waals surface area contributed by atoms with Gasteiger partial charge in [0.1, 0.15) is 0 Å². The molecule has 2 aromatic rings. The third-order valence-electron chi connectivity index (χ3n) is 3.59. The van der Waals surface area contributed by atoms with Crippen molar-refractivity contribution in [3.63, 3.8) is 0 Å². The quantitative estimate of drug-likeness (QED) is 0.496. The molecule has 0 saturated heterocycles. The van der Waals surface area contributed by atoms with E-state index in [0.717, 1.165) is 5.56 Å². The number of hydrogen-bond acceptors (Lipinski definition) is 3. The number of ether oxygens (including phenoxy) is 1. The predicted octanol–water partition coefficient (Wildman–Crippen LogP) is 2.86. The van der Waals surface area contributed by atoms with Crippen LogP contribution in [-0.2, 0) is 16.1 Å². The molecule has 0 bridgehead atoms. The van der Waals surface area contributed by atoms with Crippen LogP contribution in [0.1, 0.15) is 21.5 Å². The van der Waals surface area contributed by atoms with E-state index >= 15 is 0 Å². The highest BCUT2D eigenvalue weighted by Gasteiger charge is 2.34. The van der Waals surface area contributed by atoms with Gasteiger partial charge in [-0.25, -0.2) is 0 Å². The second-order valence-electron chi connectivity index (χ2n) is 4.99. The Balaban J connectivity index is 2.04. The summed E-state index contributed by atoms with van der Waals surface area (Å²) in [5, 5.41) is 0. The molecule has 0 aliphatic carbocycles. The summed E-state index contributed by atoms with van der Waals surface area (Å²) in [7, 11) is 1.49. The standard InChI is InChI=1S/C18H15NO3/c1-22-12-16-14-9-5-6-10-15(14)17(20)19(18(16)21)11-13-7-3-2-4-8-13/h2-10,12H,11H2,1H3/b16-12-. The van der Waals surface area contributed by atoms with Crippen molar-refractivity contribution in [2.24, 2.45) is 0 Å². The van der Waals surface area contributed by atoms with Crippen LogP contribution in [0.5, 0.6) is 0 Å². The number of benzene rings is 2. The fourth-order valence-corrected chi connectivity index (χ4v) is 2.54. The lowest BCUT2D eigenvalue weighted by atomic mass is 9.94. The number of hydrogen-bond donors (Lipinski definition) is 0. The van der Waals surface area contributed by atoms with Gasteiger partial charge >= 0.3 is 0 Å². The summed E-state index contributed by atoms with van der Waals surface area (Å²) in [5.41, 5.74) is 2.43. The van der Waals surface area contributed by atoms with Crippen LogP contribution >= 0.6 is 0 Å². The minimum atomic E-state index is -0.339. The minimum absolute atomic E-state index is 0.244. The third kappa shape index (κ3) is 2.39. The molecule has 3 rings (SSSR count). The molecule has 1 aliphatic rings. The molecule has 22 heavy (non-hydrogen) atoms. The van der Waals surface area contributed by atoms with Gasteiger partial charge in [0.2, 0.25) is 0 Å². The zero-order valence-corrected chi connectivity index (χ0v) is 12.2. The molecule has 4 nitrogen and oxygen atoms in total. The highest BCUT2D eigenvalue weighted by atomic mass is 16.5. The molecule has 4 heteroatoms. The van der Waals surface area contributed by atoms with Crippen molar-refractivity contribution < 1.29 is 14.3 Å². The predicted molar refractivity (Wildman–Crippen MR) is 82.8 cm³/mol. The number of rotatable bonds is 3. The lowest BCUT2D eigenvalue weighted by Crippen LogP contribution is -2.41. The Morgan fingerprint density at radius 3 is 2.23 bits per heavy atom. The van der Waals surface area contributed by atoms with E-state index in [-0.39, 0.29) is 18.4 Å². The van der Waals surface area contributed by atoms with Crippen LogP contribution in [0.4, 0.5) is 0 Å². The first kappa shape index (κ1) is 14.1. The number of methoxy groups -OCH3 is 1. The Labute approximate surface area is 128 Å². The molecule has 0 radical (unpaired) electrons. The smallest absolute Gasteiger partial charge is 0.264 e. The third-order valence-corrected chi connectivity index (χ3v) is 3.59. The van der Waals surface area contributed by atoms with Crippen LogP contribution in [0.15, 0.2) is 60.9 Å². The fourth-order valence-electron chi connectivity index (χ4n) is 2.54. The highest BCUT2D eigenvalue weighted by Crippen LogP contribution is 2.29. The van der Waals surface area contributed by atoms with Crippen LogP contribution < -0.4 is 0 Å². The van der Waals surface area contributed by atoms with E-state index in [0.29, 0.717) is 16.7 Å². The van der Waals surface area contributed by atoms with Crippen molar-refractivity contribution >= 4 is 17.4 Å². The fraction of sp³-hybridized carbons (Fsp3) is 0.111. The van der Waals surface area contributed by atoms with Gasteiger partial charge in [-0.05, 0) is 11.6 Å². The van der Waals surface area contributed by atoms with Crippen molar-refractivity contribution in [1.82, 2.24) is 4.90 Å². The summed E-state index contributed by atoms with van der Waals surface area (Å²) in [4.78, 5) is 26.5. The maximum Gasteiger partial charge on any atom is 0.264 e. The monoisotopic (exact) mass is 293 g/mol. The van der Waals surface area contributed by atoms with E-state index in [2.05, 4.69) is 0 Å². The summed E-state index contributed by atoms with van der Waals surface area (Å²) in [6.07, 6.45) is 1.39. The van der Waals surface area contributed by atoms with Gasteiger partial charge in [0.15, 0.2) is 0 Å². The first-order chi connectivity index (χ1) is 10.7.